The molecule has 1 saturated carbocycles. The van der Waals surface area contributed by atoms with Crippen LogP contribution < -0.4 is 5.32 Å². The van der Waals surface area contributed by atoms with Gasteiger partial charge in [0.15, 0.2) is 0 Å². The van der Waals surface area contributed by atoms with Gasteiger partial charge in [0.2, 0.25) is 5.91 Å². The number of ether oxygens (including phenoxy) is 1. The first kappa shape index (κ1) is 14.0. The van der Waals surface area contributed by atoms with E-state index in [0.29, 0.717) is 13.2 Å². The molecular formula is C13H23NO3S. The van der Waals surface area contributed by atoms with Gasteiger partial charge in [-0.2, -0.15) is 0 Å². The Hall–Kier alpha value is -0.420. The van der Waals surface area contributed by atoms with Gasteiger partial charge >= 0.3 is 0 Å². The van der Waals surface area contributed by atoms with Crippen molar-refractivity contribution in [1.29, 1.82) is 0 Å². The Morgan fingerprint density at radius 2 is 2.11 bits per heavy atom. The van der Waals surface area contributed by atoms with Gasteiger partial charge in [-0.15, -0.1) is 0 Å². The molecule has 2 unspecified atom stereocenters. The monoisotopic (exact) mass is 273 g/mol. The van der Waals surface area contributed by atoms with Crippen molar-refractivity contribution in [3.8, 4) is 0 Å². The summed E-state index contributed by atoms with van der Waals surface area (Å²) < 4.78 is 17.0. The number of rotatable bonds is 4. The minimum Gasteiger partial charge on any atom is -0.381 e. The summed E-state index contributed by atoms with van der Waals surface area (Å²) in [4.78, 5) is 12.1. The molecule has 0 aromatic heterocycles. The van der Waals surface area contributed by atoms with Gasteiger partial charge in [-0.1, -0.05) is 6.42 Å². The van der Waals surface area contributed by atoms with Gasteiger partial charge in [-0.25, -0.2) is 0 Å². The Morgan fingerprint density at radius 1 is 1.33 bits per heavy atom. The second-order valence-electron chi connectivity index (χ2n) is 5.45. The van der Waals surface area contributed by atoms with Crippen molar-refractivity contribution in [2.75, 3.05) is 26.0 Å². The number of hydrogen-bond acceptors (Lipinski definition) is 3. The van der Waals surface area contributed by atoms with Crippen LogP contribution in [0.4, 0.5) is 0 Å². The lowest BCUT2D eigenvalue weighted by molar-refractivity contribution is -0.125. The Kier molecular flexibility index (Phi) is 4.78. The summed E-state index contributed by atoms with van der Waals surface area (Å²) >= 11 is 0. The Bertz CT molecular complexity index is 320. The van der Waals surface area contributed by atoms with Crippen molar-refractivity contribution < 1.29 is 13.7 Å². The van der Waals surface area contributed by atoms with Gasteiger partial charge in [0.1, 0.15) is 0 Å². The number of amides is 1. The average molecular weight is 273 g/mol. The van der Waals surface area contributed by atoms with Crippen LogP contribution in [-0.2, 0) is 20.3 Å². The smallest absolute Gasteiger partial charge is 0.223 e. The van der Waals surface area contributed by atoms with Crippen molar-refractivity contribution in [2.24, 2.45) is 5.92 Å². The topological polar surface area (TPSA) is 55.4 Å². The van der Waals surface area contributed by atoms with Gasteiger partial charge < -0.3 is 10.1 Å². The maximum absolute atomic E-state index is 12.1. The van der Waals surface area contributed by atoms with E-state index in [0.717, 1.165) is 45.1 Å². The van der Waals surface area contributed by atoms with Crippen molar-refractivity contribution in [1.82, 2.24) is 5.32 Å². The van der Waals surface area contributed by atoms with E-state index < -0.39 is 10.8 Å². The average Bonchev–Trinajstić information content (AvgIpc) is 2.55. The first-order valence-corrected chi connectivity index (χ1v) is 8.39. The van der Waals surface area contributed by atoms with Crippen molar-refractivity contribution >= 4 is 16.7 Å². The molecule has 1 aliphatic heterocycles. The van der Waals surface area contributed by atoms with E-state index >= 15 is 0 Å². The van der Waals surface area contributed by atoms with E-state index in [1.165, 1.54) is 0 Å². The maximum atomic E-state index is 12.1. The molecule has 0 bridgehead atoms. The highest BCUT2D eigenvalue weighted by Crippen LogP contribution is 2.36. The van der Waals surface area contributed by atoms with Crippen molar-refractivity contribution in [2.45, 2.75) is 43.3 Å². The number of hydrogen-bond donors (Lipinski definition) is 1. The van der Waals surface area contributed by atoms with Crippen LogP contribution in [0.15, 0.2) is 0 Å². The number of carbonyl (C=O) groups excluding carboxylic acids is 1. The molecule has 2 rings (SSSR count). The Morgan fingerprint density at radius 3 is 2.72 bits per heavy atom. The fraction of sp³-hybridized carbons (Fsp3) is 0.923. The predicted octanol–water partition coefficient (Wildman–Crippen LogP) is 1.22. The molecule has 0 aromatic rings. The highest BCUT2D eigenvalue weighted by molar-refractivity contribution is 7.85. The van der Waals surface area contributed by atoms with E-state index in [1.54, 1.807) is 6.26 Å². The lowest BCUT2D eigenvalue weighted by atomic mass is 9.84. The second-order valence-corrected chi connectivity index (χ2v) is 7.22. The van der Waals surface area contributed by atoms with Crippen molar-refractivity contribution in [3.05, 3.63) is 0 Å². The van der Waals surface area contributed by atoms with E-state index in [1.807, 2.05) is 0 Å². The van der Waals surface area contributed by atoms with Gasteiger partial charge in [0.05, 0.1) is 4.75 Å². The maximum Gasteiger partial charge on any atom is 0.223 e. The molecule has 2 atom stereocenters. The molecule has 5 heteroatoms. The third kappa shape index (κ3) is 3.12. The number of carbonyl (C=O) groups is 1. The van der Waals surface area contributed by atoms with E-state index in [2.05, 4.69) is 5.32 Å². The molecule has 2 aliphatic rings. The Labute approximate surface area is 111 Å². The standard InChI is InChI=1S/C13H23NO3S/c1-18(16)13(6-3-7-13)10-14-12(15)11-4-2-8-17-9-5-11/h11H,2-10H2,1H3,(H,14,15). The summed E-state index contributed by atoms with van der Waals surface area (Å²) in [7, 11) is -0.846. The predicted molar refractivity (Wildman–Crippen MR) is 71.8 cm³/mol. The molecule has 104 valence electrons. The summed E-state index contributed by atoms with van der Waals surface area (Å²) in [6.07, 6.45) is 7.52. The largest absolute Gasteiger partial charge is 0.381 e. The minimum atomic E-state index is -0.846. The SMILES string of the molecule is CS(=O)C1(CNC(=O)C2CCCOCC2)CCC1. The molecule has 1 heterocycles. The zero-order chi connectivity index (χ0) is 13.0. The third-order valence-electron chi connectivity index (χ3n) is 4.28. The molecule has 1 saturated heterocycles. The van der Waals surface area contributed by atoms with Crippen LogP contribution in [0.25, 0.3) is 0 Å². The van der Waals surface area contributed by atoms with Crippen LogP contribution in [0.5, 0.6) is 0 Å². The van der Waals surface area contributed by atoms with Crippen LogP contribution in [0.1, 0.15) is 38.5 Å². The first-order chi connectivity index (χ1) is 8.64. The third-order valence-corrected chi connectivity index (χ3v) is 6.05. The first-order valence-electron chi connectivity index (χ1n) is 6.83. The summed E-state index contributed by atoms with van der Waals surface area (Å²) in [5.41, 5.74) is 0. The second kappa shape index (κ2) is 6.15. The fourth-order valence-electron chi connectivity index (χ4n) is 2.70. The molecule has 1 amide bonds. The van der Waals surface area contributed by atoms with Gasteiger partial charge in [0, 0.05) is 42.7 Å². The van der Waals surface area contributed by atoms with Crippen LogP contribution in [0.3, 0.4) is 0 Å². The Balaban J connectivity index is 1.81. The molecule has 4 nitrogen and oxygen atoms in total. The van der Waals surface area contributed by atoms with Gasteiger partial charge in [0.25, 0.3) is 0 Å². The summed E-state index contributed by atoms with van der Waals surface area (Å²) in [5, 5.41) is 3.02. The molecule has 0 spiro atoms. The number of nitrogens with one attached hydrogen (secondary N) is 1. The van der Waals surface area contributed by atoms with Gasteiger partial charge in [-0.3, -0.25) is 9.00 Å². The van der Waals surface area contributed by atoms with Crippen molar-refractivity contribution in [3.63, 3.8) is 0 Å². The van der Waals surface area contributed by atoms with Crippen LogP contribution in [-0.4, -0.2) is 40.9 Å². The zero-order valence-corrected chi connectivity index (χ0v) is 11.9. The normalized spacial score (nSPS) is 28.8. The van der Waals surface area contributed by atoms with E-state index in [9.17, 15) is 9.00 Å². The highest BCUT2D eigenvalue weighted by Gasteiger charge is 2.41. The lowest BCUT2D eigenvalue weighted by Crippen LogP contribution is -2.51. The van der Waals surface area contributed by atoms with Gasteiger partial charge in [-0.05, 0) is 32.1 Å². The summed E-state index contributed by atoms with van der Waals surface area (Å²) in [5.74, 6) is 0.201. The quantitative estimate of drug-likeness (QED) is 0.838. The fourth-order valence-corrected chi connectivity index (χ4v) is 3.83. The molecule has 1 N–H and O–H groups in total. The molecule has 2 fully saturated rings. The zero-order valence-electron chi connectivity index (χ0n) is 11.1. The molecular weight excluding hydrogens is 250 g/mol. The van der Waals surface area contributed by atoms with E-state index in [4.69, 9.17) is 4.74 Å². The molecule has 18 heavy (non-hydrogen) atoms. The van der Waals surface area contributed by atoms with E-state index in [-0.39, 0.29) is 16.6 Å². The molecule has 1 aliphatic carbocycles. The highest BCUT2D eigenvalue weighted by atomic mass is 32.2. The van der Waals surface area contributed by atoms with Crippen LogP contribution in [0.2, 0.25) is 0 Å². The molecule has 0 radical (unpaired) electrons. The minimum absolute atomic E-state index is 0.0786. The molecule has 0 aromatic carbocycles. The van der Waals surface area contributed by atoms with Crippen LogP contribution in [0, 0.1) is 5.92 Å². The summed E-state index contributed by atoms with van der Waals surface area (Å²) in [6, 6.07) is 0. The summed E-state index contributed by atoms with van der Waals surface area (Å²) in [6.45, 7) is 2.03. The lowest BCUT2D eigenvalue weighted by Gasteiger charge is -2.40. The van der Waals surface area contributed by atoms with Crippen LogP contribution >= 0.6 is 0 Å².